The van der Waals surface area contributed by atoms with Crippen LogP contribution >= 0.6 is 0 Å². The number of aryl methyl sites for hydroxylation is 1. The maximum absolute atomic E-state index is 12.3. The molecule has 1 N–H and O–H groups in total. The van der Waals surface area contributed by atoms with E-state index in [2.05, 4.69) is 10.4 Å². The lowest BCUT2D eigenvalue weighted by atomic mass is 10.2. The molecule has 1 heterocycles. The molecule has 0 fully saturated rings. The summed E-state index contributed by atoms with van der Waals surface area (Å²) < 4.78 is 38.0. The number of carbonyl (C=O) groups excluding carboxylic acids is 1. The molecule has 0 radical (unpaired) electrons. The van der Waals surface area contributed by atoms with Gasteiger partial charge in [-0.1, -0.05) is 0 Å². The lowest BCUT2D eigenvalue weighted by Gasteiger charge is -2.07. The fourth-order valence-corrected chi connectivity index (χ4v) is 1.05. The number of hydrogen-bond donors (Lipinski definition) is 1. The van der Waals surface area contributed by atoms with E-state index < -0.39 is 11.7 Å². The summed E-state index contributed by atoms with van der Waals surface area (Å²) in [6, 6.07) is 0. The first kappa shape index (κ1) is 10.6. The third-order valence-corrected chi connectivity index (χ3v) is 1.72. The lowest BCUT2D eigenvalue weighted by molar-refractivity contribution is -0.138. The zero-order chi connectivity index (χ0) is 10.8. The number of halogens is 3. The molecule has 0 aliphatic rings. The Bertz CT molecular complexity index is 331. The van der Waals surface area contributed by atoms with Crippen molar-refractivity contribution >= 4 is 6.41 Å². The Morgan fingerprint density at radius 3 is 2.79 bits per heavy atom. The molecule has 4 nitrogen and oxygen atoms in total. The quantitative estimate of drug-likeness (QED) is 0.741. The normalized spacial score (nSPS) is 11.4. The molecular formula is C7H8F3N3O. The number of nitrogens with zero attached hydrogens (tertiary/aromatic N) is 2. The fourth-order valence-electron chi connectivity index (χ4n) is 1.05. The topological polar surface area (TPSA) is 46.9 Å². The van der Waals surface area contributed by atoms with Crippen LogP contribution in [0.1, 0.15) is 11.3 Å². The minimum atomic E-state index is -4.44. The second-order valence-electron chi connectivity index (χ2n) is 2.63. The molecule has 14 heavy (non-hydrogen) atoms. The van der Waals surface area contributed by atoms with Gasteiger partial charge < -0.3 is 5.32 Å². The molecule has 0 unspecified atom stereocenters. The molecule has 0 aliphatic carbocycles. The van der Waals surface area contributed by atoms with E-state index in [0.29, 0.717) is 6.41 Å². The highest BCUT2D eigenvalue weighted by Crippen LogP contribution is 2.31. The smallest absolute Gasteiger partial charge is 0.353 e. The zero-order valence-electron chi connectivity index (χ0n) is 7.30. The molecule has 0 aromatic carbocycles. The summed E-state index contributed by atoms with van der Waals surface area (Å²) in [6.07, 6.45) is -3.36. The van der Waals surface area contributed by atoms with Gasteiger partial charge in [-0.2, -0.15) is 18.3 Å². The van der Waals surface area contributed by atoms with Crippen LogP contribution in [0.3, 0.4) is 0 Å². The molecule has 0 bridgehead atoms. The zero-order valence-corrected chi connectivity index (χ0v) is 7.30. The average Bonchev–Trinajstić information content (AvgIpc) is 2.42. The van der Waals surface area contributed by atoms with Crippen molar-refractivity contribution < 1.29 is 18.0 Å². The molecular weight excluding hydrogens is 199 g/mol. The predicted molar refractivity (Wildman–Crippen MR) is 41.1 cm³/mol. The van der Waals surface area contributed by atoms with E-state index in [0.717, 1.165) is 10.9 Å². The van der Waals surface area contributed by atoms with Gasteiger partial charge in [0.2, 0.25) is 6.41 Å². The molecule has 1 aromatic rings. The Kier molecular flexibility index (Phi) is 2.78. The highest BCUT2D eigenvalue weighted by molar-refractivity contribution is 5.46. The van der Waals surface area contributed by atoms with Crippen molar-refractivity contribution in [1.29, 1.82) is 0 Å². The van der Waals surface area contributed by atoms with E-state index >= 15 is 0 Å². The molecule has 7 heteroatoms. The Hall–Kier alpha value is -1.53. The fraction of sp³-hybridized carbons (Fsp3) is 0.429. The van der Waals surface area contributed by atoms with Gasteiger partial charge in [0.25, 0.3) is 0 Å². The summed E-state index contributed by atoms with van der Waals surface area (Å²) in [7, 11) is 1.39. The molecule has 78 valence electrons. The molecule has 0 saturated heterocycles. The Labute approximate surface area is 77.7 Å². The van der Waals surface area contributed by atoms with Crippen LogP contribution in [0.4, 0.5) is 13.2 Å². The third-order valence-electron chi connectivity index (χ3n) is 1.72. The van der Waals surface area contributed by atoms with Crippen molar-refractivity contribution in [3.63, 3.8) is 0 Å². The SMILES string of the molecule is Cn1ncc(C(F)(F)F)c1CNC=O. The highest BCUT2D eigenvalue weighted by Gasteiger charge is 2.35. The van der Waals surface area contributed by atoms with Crippen LogP contribution in [0.5, 0.6) is 0 Å². The van der Waals surface area contributed by atoms with Gasteiger partial charge in [-0.15, -0.1) is 0 Å². The molecule has 1 aromatic heterocycles. The Morgan fingerprint density at radius 2 is 2.29 bits per heavy atom. The standard InChI is InChI=1S/C7H8F3N3O/c1-13-6(3-11-4-14)5(2-12-13)7(8,9)10/h2,4H,3H2,1H3,(H,11,14). The van der Waals surface area contributed by atoms with E-state index in [9.17, 15) is 18.0 Å². The van der Waals surface area contributed by atoms with E-state index in [1.54, 1.807) is 0 Å². The second kappa shape index (κ2) is 3.69. The van der Waals surface area contributed by atoms with Gasteiger partial charge in [0.05, 0.1) is 24.0 Å². The van der Waals surface area contributed by atoms with Crippen molar-refractivity contribution in [2.75, 3.05) is 0 Å². The molecule has 0 spiro atoms. The van der Waals surface area contributed by atoms with Crippen molar-refractivity contribution in [3.05, 3.63) is 17.5 Å². The van der Waals surface area contributed by atoms with Gasteiger partial charge >= 0.3 is 6.18 Å². The molecule has 0 atom stereocenters. The van der Waals surface area contributed by atoms with Crippen LogP contribution in [0.25, 0.3) is 0 Å². The van der Waals surface area contributed by atoms with Crippen molar-refractivity contribution in [2.45, 2.75) is 12.7 Å². The van der Waals surface area contributed by atoms with Gasteiger partial charge in [-0.25, -0.2) is 0 Å². The third kappa shape index (κ3) is 2.04. The summed E-state index contributed by atoms with van der Waals surface area (Å²) >= 11 is 0. The summed E-state index contributed by atoms with van der Waals surface area (Å²) in [5.74, 6) is 0. The molecule has 0 aliphatic heterocycles. The number of aromatic nitrogens is 2. The number of alkyl halides is 3. The van der Waals surface area contributed by atoms with E-state index in [4.69, 9.17) is 0 Å². The van der Waals surface area contributed by atoms with Crippen molar-refractivity contribution in [2.24, 2.45) is 7.05 Å². The second-order valence-corrected chi connectivity index (χ2v) is 2.63. The van der Waals surface area contributed by atoms with E-state index in [-0.39, 0.29) is 12.2 Å². The van der Waals surface area contributed by atoms with Crippen LogP contribution < -0.4 is 5.32 Å². The van der Waals surface area contributed by atoms with Crippen LogP contribution in [0.15, 0.2) is 6.20 Å². The minimum Gasteiger partial charge on any atom is -0.353 e. The number of nitrogens with one attached hydrogen (secondary N) is 1. The average molecular weight is 207 g/mol. The lowest BCUT2D eigenvalue weighted by Crippen LogP contribution is -2.17. The van der Waals surface area contributed by atoms with Crippen molar-refractivity contribution in [3.8, 4) is 0 Å². The molecule has 0 saturated carbocycles. The van der Waals surface area contributed by atoms with Gasteiger partial charge in [-0.3, -0.25) is 9.48 Å². The monoisotopic (exact) mass is 207 g/mol. The Morgan fingerprint density at radius 1 is 1.64 bits per heavy atom. The first-order chi connectivity index (χ1) is 6.46. The van der Waals surface area contributed by atoms with E-state index in [1.807, 2.05) is 0 Å². The van der Waals surface area contributed by atoms with Gasteiger partial charge in [-0.05, 0) is 0 Å². The van der Waals surface area contributed by atoms with Crippen molar-refractivity contribution in [1.82, 2.24) is 15.1 Å². The summed E-state index contributed by atoms with van der Waals surface area (Å²) in [6.45, 7) is -0.186. The van der Waals surface area contributed by atoms with Gasteiger partial charge in [0, 0.05) is 7.05 Å². The van der Waals surface area contributed by atoms with Crippen LogP contribution in [-0.2, 0) is 24.6 Å². The number of rotatable bonds is 3. The van der Waals surface area contributed by atoms with E-state index in [1.165, 1.54) is 7.05 Å². The predicted octanol–water partition coefficient (Wildman–Crippen LogP) is 0.685. The molecule has 1 rings (SSSR count). The summed E-state index contributed by atoms with van der Waals surface area (Å²) in [5.41, 5.74) is -0.890. The minimum absolute atomic E-state index is 0.0652. The van der Waals surface area contributed by atoms with Crippen LogP contribution in [-0.4, -0.2) is 16.2 Å². The highest BCUT2D eigenvalue weighted by atomic mass is 19.4. The maximum Gasteiger partial charge on any atom is 0.419 e. The summed E-state index contributed by atoms with van der Waals surface area (Å²) in [5, 5.41) is 5.64. The number of carbonyl (C=O) groups is 1. The Balaban J connectivity index is 3.00. The molecule has 1 amide bonds. The maximum atomic E-state index is 12.3. The number of amides is 1. The first-order valence-corrected chi connectivity index (χ1v) is 3.72. The van der Waals surface area contributed by atoms with Gasteiger partial charge in [0.15, 0.2) is 0 Å². The van der Waals surface area contributed by atoms with Gasteiger partial charge in [0.1, 0.15) is 0 Å². The number of hydrogen-bond acceptors (Lipinski definition) is 2. The largest absolute Gasteiger partial charge is 0.419 e. The van der Waals surface area contributed by atoms with Crippen LogP contribution in [0.2, 0.25) is 0 Å². The first-order valence-electron chi connectivity index (χ1n) is 3.72. The summed E-state index contributed by atoms with van der Waals surface area (Å²) in [4.78, 5) is 9.95. The van der Waals surface area contributed by atoms with Crippen LogP contribution in [0, 0.1) is 0 Å².